The molecule has 2 aromatic rings. The summed E-state index contributed by atoms with van der Waals surface area (Å²) in [5.74, 6) is 1.66. The number of methoxy groups -OCH3 is 1. The highest BCUT2D eigenvalue weighted by Gasteiger charge is 2.47. The van der Waals surface area contributed by atoms with Crippen molar-refractivity contribution in [3.63, 3.8) is 0 Å². The van der Waals surface area contributed by atoms with Gasteiger partial charge in [-0.1, -0.05) is 30.3 Å². The van der Waals surface area contributed by atoms with Crippen molar-refractivity contribution in [1.82, 2.24) is 9.80 Å². The third-order valence-corrected chi connectivity index (χ3v) is 7.18. The summed E-state index contributed by atoms with van der Waals surface area (Å²) in [7, 11) is 1.59. The first-order valence-electron chi connectivity index (χ1n) is 9.83. The molecule has 0 aliphatic carbocycles. The molecule has 6 nitrogen and oxygen atoms in total. The summed E-state index contributed by atoms with van der Waals surface area (Å²) in [5.41, 5.74) is 1.39. The van der Waals surface area contributed by atoms with Crippen molar-refractivity contribution in [3.05, 3.63) is 60.2 Å². The molecule has 29 heavy (non-hydrogen) atoms. The van der Waals surface area contributed by atoms with Crippen LogP contribution in [-0.4, -0.2) is 59.1 Å². The third kappa shape index (κ3) is 3.92. The molecule has 2 heterocycles. The number of thioether (sulfide) groups is 1. The smallest absolute Gasteiger partial charge is 0.321 e. The molecule has 1 N–H and O–H groups in total. The molecule has 2 aromatic carbocycles. The summed E-state index contributed by atoms with van der Waals surface area (Å²) in [4.78, 5) is 29.4. The van der Waals surface area contributed by atoms with Gasteiger partial charge in [-0.2, -0.15) is 0 Å². The maximum absolute atomic E-state index is 13.1. The first-order valence-corrected chi connectivity index (χ1v) is 10.8. The van der Waals surface area contributed by atoms with Gasteiger partial charge in [0.25, 0.3) is 5.91 Å². The Morgan fingerprint density at radius 3 is 2.41 bits per heavy atom. The number of anilines is 1. The van der Waals surface area contributed by atoms with Crippen molar-refractivity contribution >= 4 is 29.4 Å². The second kappa shape index (κ2) is 8.37. The van der Waals surface area contributed by atoms with Gasteiger partial charge >= 0.3 is 6.03 Å². The lowest BCUT2D eigenvalue weighted by Crippen LogP contribution is -2.54. The van der Waals surface area contributed by atoms with E-state index in [1.54, 1.807) is 7.11 Å². The van der Waals surface area contributed by atoms with E-state index in [1.165, 1.54) is 0 Å². The summed E-state index contributed by atoms with van der Waals surface area (Å²) in [6, 6.07) is 16.7. The third-order valence-electron chi connectivity index (χ3n) is 5.62. The molecule has 152 valence electrons. The number of nitrogens with one attached hydrogen (secondary N) is 1. The Bertz CT molecular complexity index is 882. The van der Waals surface area contributed by atoms with E-state index in [0.717, 1.165) is 30.7 Å². The SMILES string of the molecule is COc1ccccc1NC(=O)N1CCC2(CC1)SCCN2C(=O)c1ccccc1. The van der Waals surface area contributed by atoms with E-state index in [-0.39, 0.29) is 16.8 Å². The van der Waals surface area contributed by atoms with Crippen LogP contribution in [0.4, 0.5) is 10.5 Å². The monoisotopic (exact) mass is 411 g/mol. The number of piperidine rings is 1. The molecule has 2 aliphatic rings. The molecule has 2 fully saturated rings. The molecular weight excluding hydrogens is 386 g/mol. The van der Waals surface area contributed by atoms with E-state index >= 15 is 0 Å². The van der Waals surface area contributed by atoms with Crippen LogP contribution in [0.5, 0.6) is 5.75 Å². The number of para-hydroxylation sites is 2. The van der Waals surface area contributed by atoms with Gasteiger partial charge in [0.2, 0.25) is 0 Å². The number of nitrogens with zero attached hydrogens (tertiary/aromatic N) is 2. The summed E-state index contributed by atoms with van der Waals surface area (Å²) >= 11 is 1.85. The van der Waals surface area contributed by atoms with E-state index < -0.39 is 0 Å². The van der Waals surface area contributed by atoms with Crippen molar-refractivity contribution in [2.45, 2.75) is 17.7 Å². The lowest BCUT2D eigenvalue weighted by Gasteiger charge is -2.44. The number of urea groups is 1. The van der Waals surface area contributed by atoms with Crippen molar-refractivity contribution in [3.8, 4) is 5.75 Å². The predicted molar refractivity (Wildman–Crippen MR) is 115 cm³/mol. The first-order chi connectivity index (χ1) is 14.1. The average Bonchev–Trinajstić information content (AvgIpc) is 3.17. The first kappa shape index (κ1) is 19.6. The minimum atomic E-state index is -0.214. The summed E-state index contributed by atoms with van der Waals surface area (Å²) in [6.07, 6.45) is 1.55. The van der Waals surface area contributed by atoms with Crippen LogP contribution in [0.2, 0.25) is 0 Å². The van der Waals surface area contributed by atoms with E-state index in [4.69, 9.17) is 4.74 Å². The van der Waals surface area contributed by atoms with Crippen LogP contribution in [0.1, 0.15) is 23.2 Å². The molecule has 2 aliphatic heterocycles. The maximum Gasteiger partial charge on any atom is 0.321 e. The summed E-state index contributed by atoms with van der Waals surface area (Å²) in [6.45, 7) is 1.99. The van der Waals surface area contributed by atoms with Crippen LogP contribution in [0, 0.1) is 0 Å². The highest BCUT2D eigenvalue weighted by Crippen LogP contribution is 2.44. The molecule has 4 rings (SSSR count). The number of hydrogen-bond donors (Lipinski definition) is 1. The number of amides is 3. The zero-order valence-corrected chi connectivity index (χ0v) is 17.3. The van der Waals surface area contributed by atoms with E-state index in [1.807, 2.05) is 76.2 Å². The van der Waals surface area contributed by atoms with Crippen LogP contribution in [-0.2, 0) is 0 Å². The largest absolute Gasteiger partial charge is 0.495 e. The summed E-state index contributed by atoms with van der Waals surface area (Å²) in [5, 5.41) is 2.94. The van der Waals surface area contributed by atoms with Crippen molar-refractivity contribution in [1.29, 1.82) is 0 Å². The molecule has 0 bridgehead atoms. The van der Waals surface area contributed by atoms with Crippen LogP contribution in [0.3, 0.4) is 0 Å². The highest BCUT2D eigenvalue weighted by molar-refractivity contribution is 8.00. The van der Waals surface area contributed by atoms with Gasteiger partial charge in [-0.25, -0.2) is 4.79 Å². The fourth-order valence-corrected chi connectivity index (χ4v) is 5.50. The minimum Gasteiger partial charge on any atom is -0.495 e. The number of ether oxygens (including phenoxy) is 1. The van der Waals surface area contributed by atoms with E-state index in [9.17, 15) is 9.59 Å². The molecule has 0 saturated carbocycles. The van der Waals surface area contributed by atoms with Gasteiger partial charge in [-0.15, -0.1) is 11.8 Å². The zero-order valence-electron chi connectivity index (χ0n) is 16.5. The quantitative estimate of drug-likeness (QED) is 0.832. The van der Waals surface area contributed by atoms with E-state index in [0.29, 0.717) is 24.5 Å². The Kier molecular flexibility index (Phi) is 5.67. The van der Waals surface area contributed by atoms with Gasteiger partial charge < -0.3 is 19.9 Å². The van der Waals surface area contributed by atoms with Gasteiger partial charge in [0.15, 0.2) is 0 Å². The maximum atomic E-state index is 13.1. The Morgan fingerprint density at radius 2 is 1.69 bits per heavy atom. The molecule has 2 saturated heterocycles. The van der Waals surface area contributed by atoms with Crippen LogP contribution < -0.4 is 10.1 Å². The fraction of sp³-hybridized carbons (Fsp3) is 0.364. The number of carbonyl (C=O) groups excluding carboxylic acids is 2. The van der Waals surface area contributed by atoms with Crippen LogP contribution >= 0.6 is 11.8 Å². The molecule has 0 radical (unpaired) electrons. The molecule has 0 unspecified atom stereocenters. The standard InChI is InChI=1S/C22H25N3O3S/c1-28-19-10-6-5-9-18(19)23-21(27)24-13-11-22(12-14-24)25(15-16-29-22)20(26)17-7-3-2-4-8-17/h2-10H,11-16H2,1H3,(H,23,27). The van der Waals surface area contributed by atoms with Crippen molar-refractivity contribution < 1.29 is 14.3 Å². The summed E-state index contributed by atoms with van der Waals surface area (Å²) < 4.78 is 5.31. The fourth-order valence-electron chi connectivity index (χ4n) is 4.05. The Balaban J connectivity index is 1.41. The van der Waals surface area contributed by atoms with Gasteiger partial charge in [0.05, 0.1) is 17.7 Å². The topological polar surface area (TPSA) is 61.9 Å². The number of hydrogen-bond acceptors (Lipinski definition) is 4. The Morgan fingerprint density at radius 1 is 1.00 bits per heavy atom. The molecule has 1 spiro atoms. The minimum absolute atomic E-state index is 0.0857. The van der Waals surface area contributed by atoms with Gasteiger partial charge in [-0.05, 0) is 37.1 Å². The Labute approximate surface area is 175 Å². The zero-order chi connectivity index (χ0) is 20.3. The van der Waals surface area contributed by atoms with E-state index in [2.05, 4.69) is 5.32 Å². The van der Waals surface area contributed by atoms with Gasteiger partial charge in [0.1, 0.15) is 5.75 Å². The number of benzene rings is 2. The average molecular weight is 412 g/mol. The number of rotatable bonds is 3. The molecule has 7 heteroatoms. The van der Waals surface area contributed by atoms with Crippen LogP contribution in [0.25, 0.3) is 0 Å². The predicted octanol–water partition coefficient (Wildman–Crippen LogP) is 3.91. The molecule has 0 aromatic heterocycles. The van der Waals surface area contributed by atoms with Gasteiger partial charge in [-0.3, -0.25) is 4.79 Å². The molecule has 0 atom stereocenters. The van der Waals surface area contributed by atoms with Crippen molar-refractivity contribution in [2.24, 2.45) is 0 Å². The highest BCUT2D eigenvalue weighted by atomic mass is 32.2. The second-order valence-corrected chi connectivity index (χ2v) is 8.69. The molecular formula is C22H25N3O3S. The molecule has 3 amide bonds. The number of likely N-dealkylation sites (tertiary alicyclic amines) is 1. The van der Waals surface area contributed by atoms with Crippen LogP contribution in [0.15, 0.2) is 54.6 Å². The normalized spacial score (nSPS) is 18.0. The van der Waals surface area contributed by atoms with Gasteiger partial charge in [0, 0.05) is 31.0 Å². The lowest BCUT2D eigenvalue weighted by atomic mass is 10.0. The lowest BCUT2D eigenvalue weighted by molar-refractivity contribution is 0.0585. The van der Waals surface area contributed by atoms with Crippen molar-refractivity contribution in [2.75, 3.05) is 37.8 Å². The second-order valence-electron chi connectivity index (χ2n) is 7.23. The number of carbonyl (C=O) groups is 2. The Hall–Kier alpha value is -2.67.